The molecule has 1 saturated heterocycles. The van der Waals surface area contributed by atoms with Crippen molar-refractivity contribution in [2.45, 2.75) is 32.3 Å². The van der Waals surface area contributed by atoms with E-state index in [1.165, 1.54) is 6.26 Å². The van der Waals surface area contributed by atoms with E-state index in [0.717, 1.165) is 25.3 Å². The molecule has 0 aromatic heterocycles. The minimum atomic E-state index is -3.05. The zero-order valence-electron chi connectivity index (χ0n) is 14.3. The van der Waals surface area contributed by atoms with Crippen molar-refractivity contribution >= 4 is 16.0 Å². The van der Waals surface area contributed by atoms with Crippen molar-refractivity contribution in [2.75, 3.05) is 46.6 Å². The molecular weight excluding hydrogens is 304 g/mol. The van der Waals surface area contributed by atoms with E-state index in [4.69, 9.17) is 4.74 Å². The number of ether oxygens (including phenoxy) is 1. The first-order chi connectivity index (χ1) is 10.2. The van der Waals surface area contributed by atoms with Gasteiger partial charge in [0.1, 0.15) is 0 Å². The Morgan fingerprint density at radius 3 is 2.36 bits per heavy atom. The molecule has 130 valence electrons. The summed E-state index contributed by atoms with van der Waals surface area (Å²) in [5.74, 6) is 1.21. The molecule has 1 aliphatic heterocycles. The molecule has 0 amide bonds. The minimum Gasteiger partial charge on any atom is -0.377 e. The predicted octanol–water partition coefficient (Wildman–Crippen LogP) is 0.248. The van der Waals surface area contributed by atoms with Crippen molar-refractivity contribution in [3.63, 3.8) is 0 Å². The fraction of sp³-hybridized carbons (Fsp3) is 0.929. The Morgan fingerprint density at radius 2 is 1.91 bits per heavy atom. The Labute approximate surface area is 134 Å². The quantitative estimate of drug-likeness (QED) is 0.537. The first kappa shape index (κ1) is 19.2. The van der Waals surface area contributed by atoms with Crippen LogP contribution in [0.1, 0.15) is 26.7 Å². The molecule has 2 N–H and O–H groups in total. The third-order valence-electron chi connectivity index (χ3n) is 4.06. The SMILES string of the molecule is CN=C(NCC1CCN(S(C)(=O)=O)CC1)NCC(C)(C)OC. The predicted molar refractivity (Wildman–Crippen MR) is 89.6 cm³/mol. The van der Waals surface area contributed by atoms with E-state index >= 15 is 0 Å². The Balaban J connectivity index is 2.34. The molecule has 1 heterocycles. The van der Waals surface area contributed by atoms with Gasteiger partial charge in [-0.2, -0.15) is 0 Å². The Hall–Kier alpha value is -0.860. The van der Waals surface area contributed by atoms with E-state index in [2.05, 4.69) is 15.6 Å². The molecule has 7 nitrogen and oxygen atoms in total. The van der Waals surface area contributed by atoms with Crippen LogP contribution in [0, 0.1) is 5.92 Å². The van der Waals surface area contributed by atoms with Crippen molar-refractivity contribution in [1.29, 1.82) is 0 Å². The van der Waals surface area contributed by atoms with Gasteiger partial charge in [-0.3, -0.25) is 4.99 Å². The molecule has 1 aliphatic rings. The van der Waals surface area contributed by atoms with Crippen molar-refractivity contribution < 1.29 is 13.2 Å². The van der Waals surface area contributed by atoms with E-state index in [9.17, 15) is 8.42 Å². The zero-order valence-corrected chi connectivity index (χ0v) is 15.2. The van der Waals surface area contributed by atoms with Gasteiger partial charge >= 0.3 is 0 Å². The molecule has 22 heavy (non-hydrogen) atoms. The number of hydrogen-bond donors (Lipinski definition) is 2. The van der Waals surface area contributed by atoms with Gasteiger partial charge in [-0.25, -0.2) is 12.7 Å². The summed E-state index contributed by atoms with van der Waals surface area (Å²) < 4.78 is 29.9. The molecule has 0 aromatic carbocycles. The lowest BCUT2D eigenvalue weighted by atomic mass is 9.98. The van der Waals surface area contributed by atoms with Gasteiger partial charge < -0.3 is 15.4 Å². The summed E-state index contributed by atoms with van der Waals surface area (Å²) in [4.78, 5) is 4.20. The molecule has 1 fully saturated rings. The lowest BCUT2D eigenvalue weighted by molar-refractivity contribution is 0.0268. The molecule has 0 aromatic rings. The van der Waals surface area contributed by atoms with Crippen LogP contribution in [0.15, 0.2) is 4.99 Å². The molecule has 0 atom stereocenters. The Kier molecular flexibility index (Phi) is 7.08. The monoisotopic (exact) mass is 334 g/mol. The third kappa shape index (κ3) is 6.50. The van der Waals surface area contributed by atoms with Gasteiger partial charge in [-0.05, 0) is 32.6 Å². The number of piperidine rings is 1. The highest BCUT2D eigenvalue weighted by atomic mass is 32.2. The number of guanidine groups is 1. The number of sulfonamides is 1. The summed E-state index contributed by atoms with van der Waals surface area (Å²) in [6.45, 7) is 6.69. The number of nitrogens with zero attached hydrogens (tertiary/aromatic N) is 2. The molecule has 0 radical (unpaired) electrons. The summed E-state index contributed by atoms with van der Waals surface area (Å²) in [6.07, 6.45) is 3.02. The maximum atomic E-state index is 11.5. The Bertz CT molecular complexity index is 468. The molecule has 0 spiro atoms. The normalized spacial score (nSPS) is 19.2. The maximum absolute atomic E-state index is 11.5. The second kappa shape index (κ2) is 8.12. The smallest absolute Gasteiger partial charge is 0.211 e. The lowest BCUT2D eigenvalue weighted by Gasteiger charge is -2.31. The highest BCUT2D eigenvalue weighted by Crippen LogP contribution is 2.18. The van der Waals surface area contributed by atoms with E-state index in [1.54, 1.807) is 18.5 Å². The van der Waals surface area contributed by atoms with Gasteiger partial charge in [0.05, 0.1) is 11.9 Å². The van der Waals surface area contributed by atoms with Crippen LogP contribution in [0.2, 0.25) is 0 Å². The van der Waals surface area contributed by atoms with Crippen LogP contribution in [0.5, 0.6) is 0 Å². The van der Waals surface area contributed by atoms with Gasteiger partial charge in [0.25, 0.3) is 0 Å². The van der Waals surface area contributed by atoms with Crippen molar-refractivity contribution in [3.8, 4) is 0 Å². The van der Waals surface area contributed by atoms with Crippen LogP contribution < -0.4 is 10.6 Å². The van der Waals surface area contributed by atoms with Crippen molar-refractivity contribution in [1.82, 2.24) is 14.9 Å². The second-order valence-electron chi connectivity index (χ2n) is 6.38. The molecule has 1 rings (SSSR count). The van der Waals surface area contributed by atoms with Gasteiger partial charge in [-0.15, -0.1) is 0 Å². The van der Waals surface area contributed by atoms with Crippen molar-refractivity contribution in [2.24, 2.45) is 10.9 Å². The van der Waals surface area contributed by atoms with Crippen LogP contribution in [0.4, 0.5) is 0 Å². The number of rotatable bonds is 6. The summed E-state index contributed by atoms with van der Waals surface area (Å²) in [6, 6.07) is 0. The minimum absolute atomic E-state index is 0.252. The Morgan fingerprint density at radius 1 is 1.32 bits per heavy atom. The van der Waals surface area contributed by atoms with Crippen LogP contribution in [0.25, 0.3) is 0 Å². The standard InChI is InChI=1S/C14H30N4O3S/c1-14(2,21-4)11-17-13(15-3)16-10-12-6-8-18(9-7-12)22(5,19)20/h12H,6-11H2,1-5H3,(H2,15,16,17). The molecule has 0 unspecified atom stereocenters. The maximum Gasteiger partial charge on any atom is 0.211 e. The third-order valence-corrected chi connectivity index (χ3v) is 5.36. The van der Waals surface area contributed by atoms with Crippen molar-refractivity contribution in [3.05, 3.63) is 0 Å². The van der Waals surface area contributed by atoms with E-state index in [0.29, 0.717) is 25.6 Å². The number of hydrogen-bond acceptors (Lipinski definition) is 4. The number of methoxy groups -OCH3 is 1. The molecular formula is C14H30N4O3S. The van der Waals surface area contributed by atoms with E-state index < -0.39 is 10.0 Å². The summed E-state index contributed by atoms with van der Waals surface area (Å²) in [7, 11) is 0.375. The van der Waals surface area contributed by atoms with Crippen LogP contribution in [-0.2, 0) is 14.8 Å². The fourth-order valence-electron chi connectivity index (χ4n) is 2.28. The summed E-state index contributed by atoms with van der Waals surface area (Å²) in [5, 5.41) is 6.55. The largest absolute Gasteiger partial charge is 0.377 e. The highest BCUT2D eigenvalue weighted by molar-refractivity contribution is 7.88. The zero-order chi connectivity index (χ0) is 16.8. The average Bonchev–Trinajstić information content (AvgIpc) is 2.47. The topological polar surface area (TPSA) is 83.0 Å². The number of aliphatic imine (C=N–C) groups is 1. The molecule has 0 aliphatic carbocycles. The molecule has 8 heteroatoms. The van der Waals surface area contributed by atoms with Gasteiger partial charge in [0, 0.05) is 40.3 Å². The highest BCUT2D eigenvalue weighted by Gasteiger charge is 2.25. The molecule has 0 bridgehead atoms. The van der Waals surface area contributed by atoms with Gasteiger partial charge in [0.15, 0.2) is 5.96 Å². The first-order valence-electron chi connectivity index (χ1n) is 7.63. The fourth-order valence-corrected chi connectivity index (χ4v) is 3.15. The van der Waals surface area contributed by atoms with Crippen LogP contribution >= 0.6 is 0 Å². The van der Waals surface area contributed by atoms with Crippen LogP contribution in [0.3, 0.4) is 0 Å². The molecule has 0 saturated carbocycles. The van der Waals surface area contributed by atoms with Crippen LogP contribution in [-0.4, -0.2) is 70.9 Å². The van der Waals surface area contributed by atoms with Gasteiger partial charge in [-0.1, -0.05) is 0 Å². The van der Waals surface area contributed by atoms with E-state index in [1.807, 2.05) is 13.8 Å². The first-order valence-corrected chi connectivity index (χ1v) is 9.47. The number of nitrogens with one attached hydrogen (secondary N) is 2. The van der Waals surface area contributed by atoms with E-state index in [-0.39, 0.29) is 5.60 Å². The summed E-state index contributed by atoms with van der Waals surface area (Å²) in [5.41, 5.74) is -0.252. The van der Waals surface area contributed by atoms with Gasteiger partial charge in [0.2, 0.25) is 10.0 Å². The summed E-state index contributed by atoms with van der Waals surface area (Å²) >= 11 is 0. The average molecular weight is 334 g/mol. The lowest BCUT2D eigenvalue weighted by Crippen LogP contribution is -2.47. The second-order valence-corrected chi connectivity index (χ2v) is 8.36.